The number of rotatable bonds is 9. The van der Waals surface area contributed by atoms with Gasteiger partial charge in [-0.15, -0.1) is 0 Å². The zero-order chi connectivity index (χ0) is 12.6. The van der Waals surface area contributed by atoms with Crippen molar-refractivity contribution in [2.75, 3.05) is 12.3 Å². The first-order valence-corrected chi connectivity index (χ1v) is 7.99. The smallest absolute Gasteiger partial charge is 0.0334 e. The van der Waals surface area contributed by atoms with E-state index in [0.29, 0.717) is 17.2 Å². The van der Waals surface area contributed by atoms with Crippen molar-refractivity contribution in [3.63, 3.8) is 0 Å². The average Bonchev–Trinajstić information content (AvgIpc) is 2.25. The molecule has 0 aliphatic heterocycles. The highest BCUT2D eigenvalue weighted by atomic mass is 32.2. The molecule has 0 saturated carbocycles. The summed E-state index contributed by atoms with van der Waals surface area (Å²) in [7, 11) is -0.661. The third-order valence-electron chi connectivity index (χ3n) is 3.02. The highest BCUT2D eigenvalue weighted by Crippen LogP contribution is 2.11. The maximum atomic E-state index is 12.0. The Morgan fingerprint density at radius 3 is 2.31 bits per heavy atom. The molecule has 2 nitrogen and oxygen atoms in total. The molecule has 1 N–H and O–H groups in total. The summed E-state index contributed by atoms with van der Waals surface area (Å²) in [6.07, 6.45) is 3.31. The number of hydrogen-bond donors (Lipinski definition) is 1. The van der Waals surface area contributed by atoms with Crippen LogP contribution in [0.4, 0.5) is 0 Å². The van der Waals surface area contributed by atoms with Crippen molar-refractivity contribution in [2.24, 2.45) is 5.92 Å². The Hall–Kier alpha value is 0.110. The molecule has 0 rings (SSSR count). The van der Waals surface area contributed by atoms with E-state index >= 15 is 0 Å². The predicted molar refractivity (Wildman–Crippen MR) is 74.3 cm³/mol. The Balaban J connectivity index is 3.85. The summed E-state index contributed by atoms with van der Waals surface area (Å²) in [4.78, 5) is 0. The fourth-order valence-electron chi connectivity index (χ4n) is 1.64. The normalized spacial score (nSPS) is 19.1. The van der Waals surface area contributed by atoms with Crippen LogP contribution in [0.1, 0.15) is 53.9 Å². The monoisotopic (exact) mass is 247 g/mol. The Bertz CT molecular complexity index is 196. The van der Waals surface area contributed by atoms with E-state index in [2.05, 4.69) is 39.9 Å². The molecule has 0 aromatic rings. The zero-order valence-corrected chi connectivity index (χ0v) is 12.4. The summed E-state index contributed by atoms with van der Waals surface area (Å²) in [5, 5.41) is 3.76. The van der Waals surface area contributed by atoms with Gasteiger partial charge in [-0.25, -0.2) is 0 Å². The molecule has 0 fully saturated rings. The Kier molecular flexibility index (Phi) is 9.24. The van der Waals surface area contributed by atoms with Crippen LogP contribution in [-0.2, 0) is 10.8 Å². The van der Waals surface area contributed by atoms with Gasteiger partial charge in [0.1, 0.15) is 0 Å². The number of hydrogen-bond acceptors (Lipinski definition) is 2. The summed E-state index contributed by atoms with van der Waals surface area (Å²) in [6, 6.07) is 0.482. The lowest BCUT2D eigenvalue weighted by Gasteiger charge is -2.19. The molecule has 0 aromatic heterocycles. The van der Waals surface area contributed by atoms with Crippen molar-refractivity contribution < 1.29 is 4.21 Å². The third-order valence-corrected chi connectivity index (χ3v) is 5.01. The average molecular weight is 247 g/mol. The van der Waals surface area contributed by atoms with E-state index in [0.717, 1.165) is 31.6 Å². The van der Waals surface area contributed by atoms with Crippen LogP contribution < -0.4 is 5.32 Å². The van der Waals surface area contributed by atoms with E-state index < -0.39 is 10.8 Å². The van der Waals surface area contributed by atoms with Gasteiger partial charge in [0.2, 0.25) is 0 Å². The Morgan fingerprint density at radius 2 is 1.81 bits per heavy atom. The van der Waals surface area contributed by atoms with Crippen molar-refractivity contribution in [3.8, 4) is 0 Å². The second kappa shape index (κ2) is 9.17. The standard InChI is InChI=1S/C13H29NOS/c1-6-8-14-12(4)9-13(5)16(15)10-11(3)7-2/h11-14H,6-10H2,1-5H3. The van der Waals surface area contributed by atoms with Crippen molar-refractivity contribution in [2.45, 2.75) is 65.2 Å². The highest BCUT2D eigenvalue weighted by molar-refractivity contribution is 7.85. The van der Waals surface area contributed by atoms with Crippen molar-refractivity contribution in [1.29, 1.82) is 0 Å². The lowest BCUT2D eigenvalue weighted by atomic mass is 10.2. The maximum Gasteiger partial charge on any atom is 0.0334 e. The fraction of sp³-hybridized carbons (Fsp3) is 1.00. The quantitative estimate of drug-likeness (QED) is 0.679. The van der Waals surface area contributed by atoms with Crippen molar-refractivity contribution in [3.05, 3.63) is 0 Å². The van der Waals surface area contributed by atoms with E-state index in [1.807, 2.05) is 0 Å². The van der Waals surface area contributed by atoms with E-state index in [1.165, 1.54) is 0 Å². The van der Waals surface area contributed by atoms with Crippen LogP contribution in [0.15, 0.2) is 0 Å². The van der Waals surface area contributed by atoms with Crippen LogP contribution in [0.2, 0.25) is 0 Å². The minimum absolute atomic E-state index is 0.313. The summed E-state index contributed by atoms with van der Waals surface area (Å²) >= 11 is 0. The van der Waals surface area contributed by atoms with E-state index in [-0.39, 0.29) is 0 Å². The van der Waals surface area contributed by atoms with Gasteiger partial charge in [0.25, 0.3) is 0 Å². The Labute approximate surface area is 104 Å². The summed E-state index contributed by atoms with van der Waals surface area (Å²) < 4.78 is 12.0. The van der Waals surface area contributed by atoms with Crippen LogP contribution >= 0.6 is 0 Å². The predicted octanol–water partition coefficient (Wildman–Crippen LogP) is 2.95. The number of nitrogens with one attached hydrogen (secondary N) is 1. The minimum atomic E-state index is -0.661. The van der Waals surface area contributed by atoms with Crippen molar-refractivity contribution in [1.82, 2.24) is 5.32 Å². The molecule has 4 unspecified atom stereocenters. The molecule has 0 spiro atoms. The van der Waals surface area contributed by atoms with Gasteiger partial charge in [0.05, 0.1) is 0 Å². The molecule has 0 radical (unpaired) electrons. The van der Waals surface area contributed by atoms with Crippen LogP contribution in [0, 0.1) is 5.92 Å². The largest absolute Gasteiger partial charge is 0.314 e. The summed E-state index contributed by atoms with van der Waals surface area (Å²) in [6.45, 7) is 11.9. The second-order valence-electron chi connectivity index (χ2n) is 4.96. The molecule has 0 bridgehead atoms. The van der Waals surface area contributed by atoms with E-state index in [4.69, 9.17) is 0 Å². The second-order valence-corrected chi connectivity index (χ2v) is 6.86. The molecule has 0 aliphatic carbocycles. The van der Waals surface area contributed by atoms with Crippen LogP contribution in [0.5, 0.6) is 0 Å². The molecule has 0 saturated heterocycles. The van der Waals surface area contributed by atoms with Crippen LogP contribution in [-0.4, -0.2) is 27.8 Å². The topological polar surface area (TPSA) is 29.1 Å². The first-order chi connectivity index (χ1) is 7.51. The third kappa shape index (κ3) is 7.39. The summed E-state index contributed by atoms with van der Waals surface area (Å²) in [5.74, 6) is 1.44. The van der Waals surface area contributed by atoms with Gasteiger partial charge in [0, 0.05) is 27.8 Å². The van der Waals surface area contributed by atoms with Gasteiger partial charge in [0.15, 0.2) is 0 Å². The molecule has 98 valence electrons. The van der Waals surface area contributed by atoms with Crippen LogP contribution in [0.3, 0.4) is 0 Å². The minimum Gasteiger partial charge on any atom is -0.314 e. The van der Waals surface area contributed by atoms with Gasteiger partial charge in [-0.2, -0.15) is 0 Å². The van der Waals surface area contributed by atoms with Gasteiger partial charge >= 0.3 is 0 Å². The Morgan fingerprint density at radius 1 is 1.19 bits per heavy atom. The van der Waals surface area contributed by atoms with Gasteiger partial charge in [-0.1, -0.05) is 34.1 Å². The lowest BCUT2D eigenvalue weighted by molar-refractivity contribution is 0.506. The molecule has 0 aromatic carbocycles. The van der Waals surface area contributed by atoms with E-state index in [1.54, 1.807) is 0 Å². The molecule has 3 heteroatoms. The van der Waals surface area contributed by atoms with Crippen LogP contribution in [0.25, 0.3) is 0 Å². The van der Waals surface area contributed by atoms with E-state index in [9.17, 15) is 4.21 Å². The van der Waals surface area contributed by atoms with Gasteiger partial charge in [-0.3, -0.25) is 4.21 Å². The SMILES string of the molecule is CCCNC(C)CC(C)S(=O)CC(C)CC. The highest BCUT2D eigenvalue weighted by Gasteiger charge is 2.16. The summed E-state index contributed by atoms with van der Waals surface area (Å²) in [5.41, 5.74) is 0. The molecule has 4 atom stereocenters. The first kappa shape index (κ1) is 16.1. The first-order valence-electron chi connectivity index (χ1n) is 6.61. The molecular weight excluding hydrogens is 218 g/mol. The van der Waals surface area contributed by atoms with Crippen molar-refractivity contribution >= 4 is 10.8 Å². The molecule has 16 heavy (non-hydrogen) atoms. The molecule has 0 heterocycles. The zero-order valence-electron chi connectivity index (χ0n) is 11.6. The molecular formula is C13H29NOS. The van der Waals surface area contributed by atoms with Gasteiger partial charge < -0.3 is 5.32 Å². The molecule has 0 amide bonds. The fourth-order valence-corrected chi connectivity index (χ4v) is 3.27. The lowest BCUT2D eigenvalue weighted by Crippen LogP contribution is -2.32. The van der Waals surface area contributed by atoms with Gasteiger partial charge in [-0.05, 0) is 32.2 Å². The maximum absolute atomic E-state index is 12.0. The molecule has 0 aliphatic rings.